The maximum absolute atomic E-state index is 13.3. The molecule has 0 saturated heterocycles. The smallest absolute Gasteiger partial charge is 0.248 e. The fourth-order valence-electron chi connectivity index (χ4n) is 2.81. The summed E-state index contributed by atoms with van der Waals surface area (Å²) in [5.74, 6) is 0.0980. The second-order valence-electron chi connectivity index (χ2n) is 5.61. The quantitative estimate of drug-likeness (QED) is 0.761. The zero-order valence-electron chi connectivity index (χ0n) is 13.2. The van der Waals surface area contributed by atoms with E-state index in [1.54, 1.807) is 23.7 Å². The number of nitrogens with one attached hydrogen (secondary N) is 1. The molecular weight excluding hydrogens is 313 g/mol. The number of halogens is 1. The van der Waals surface area contributed by atoms with E-state index in [0.717, 1.165) is 0 Å². The van der Waals surface area contributed by atoms with Gasteiger partial charge in [-0.05, 0) is 31.0 Å². The van der Waals surface area contributed by atoms with E-state index >= 15 is 0 Å². The fourth-order valence-corrected chi connectivity index (χ4v) is 2.81. The molecule has 1 amide bonds. The van der Waals surface area contributed by atoms with Crippen molar-refractivity contribution in [1.82, 2.24) is 14.8 Å². The number of aryl methyl sites for hydroxylation is 1. The van der Waals surface area contributed by atoms with Crippen molar-refractivity contribution in [3.63, 3.8) is 0 Å². The molecule has 1 aliphatic rings. The van der Waals surface area contributed by atoms with Crippen LogP contribution in [-0.4, -0.2) is 32.4 Å². The lowest BCUT2D eigenvalue weighted by Gasteiger charge is -2.27. The summed E-state index contributed by atoms with van der Waals surface area (Å²) in [5, 5.41) is 16.4. The van der Waals surface area contributed by atoms with Gasteiger partial charge in [0.2, 0.25) is 11.9 Å². The van der Waals surface area contributed by atoms with E-state index < -0.39 is 11.9 Å². The van der Waals surface area contributed by atoms with Gasteiger partial charge in [-0.1, -0.05) is 12.1 Å². The van der Waals surface area contributed by atoms with Crippen molar-refractivity contribution in [3.05, 3.63) is 52.7 Å². The van der Waals surface area contributed by atoms with Gasteiger partial charge in [-0.2, -0.15) is 10.1 Å². The molecule has 0 aliphatic carbocycles. The highest BCUT2D eigenvalue weighted by molar-refractivity contribution is 5.95. The van der Waals surface area contributed by atoms with Gasteiger partial charge in [-0.3, -0.25) is 4.79 Å². The summed E-state index contributed by atoms with van der Waals surface area (Å²) in [6.45, 7) is 1.78. The number of amides is 1. The van der Waals surface area contributed by atoms with Crippen molar-refractivity contribution in [1.29, 1.82) is 0 Å². The van der Waals surface area contributed by atoms with Crippen molar-refractivity contribution in [2.75, 3.05) is 11.9 Å². The first-order chi connectivity index (χ1) is 11.5. The van der Waals surface area contributed by atoms with Gasteiger partial charge in [0.25, 0.3) is 0 Å². The number of nitrogens with zero attached hydrogens (tertiary/aromatic N) is 3. The summed E-state index contributed by atoms with van der Waals surface area (Å²) in [6, 6.07) is 5.28. The molecule has 2 heterocycles. The van der Waals surface area contributed by atoms with Gasteiger partial charge in [0.05, 0.1) is 5.57 Å². The molecule has 0 unspecified atom stereocenters. The third-order valence-electron chi connectivity index (χ3n) is 3.91. The minimum absolute atomic E-state index is 0.0442. The highest BCUT2D eigenvalue weighted by Crippen LogP contribution is 2.34. The summed E-state index contributed by atoms with van der Waals surface area (Å²) >= 11 is 0. The van der Waals surface area contributed by atoms with Crippen LogP contribution in [-0.2, 0) is 11.2 Å². The van der Waals surface area contributed by atoms with Crippen LogP contribution in [0.4, 0.5) is 10.3 Å². The summed E-state index contributed by atoms with van der Waals surface area (Å²) in [6.07, 6.45) is 1.05. The molecule has 0 bridgehead atoms. The van der Waals surface area contributed by atoms with E-state index in [1.165, 1.54) is 12.1 Å². The molecule has 1 aliphatic heterocycles. The number of primary amides is 1. The molecule has 3 rings (SSSR count). The second-order valence-corrected chi connectivity index (χ2v) is 5.61. The first kappa shape index (κ1) is 16.1. The molecule has 0 fully saturated rings. The first-order valence-corrected chi connectivity index (χ1v) is 7.60. The maximum Gasteiger partial charge on any atom is 0.248 e. The lowest BCUT2D eigenvalue weighted by Crippen LogP contribution is -2.31. The van der Waals surface area contributed by atoms with Gasteiger partial charge in [0.15, 0.2) is 5.82 Å². The van der Waals surface area contributed by atoms with E-state index in [9.17, 15) is 9.18 Å². The topological polar surface area (TPSA) is 106 Å². The second kappa shape index (κ2) is 6.40. The highest BCUT2D eigenvalue weighted by atomic mass is 19.1. The Morgan fingerprint density at radius 1 is 1.42 bits per heavy atom. The summed E-state index contributed by atoms with van der Waals surface area (Å²) in [4.78, 5) is 16.4. The fraction of sp³-hybridized carbons (Fsp3) is 0.312. The summed E-state index contributed by atoms with van der Waals surface area (Å²) in [5.41, 5.74) is 7.18. The molecule has 24 heavy (non-hydrogen) atoms. The van der Waals surface area contributed by atoms with E-state index in [1.807, 2.05) is 0 Å². The van der Waals surface area contributed by atoms with Crippen LogP contribution >= 0.6 is 0 Å². The van der Waals surface area contributed by atoms with E-state index in [2.05, 4.69) is 15.4 Å². The Morgan fingerprint density at radius 2 is 2.12 bits per heavy atom. The standard InChI is InChI=1S/C16H18FN5O2/c1-9-13(15(18)24)14(10-4-6-11(17)7-5-10)22-16(19-9)20-12(21-22)3-2-8-23/h4-7,14,23H,2-3,8H2,1H3,(H2,18,24)(H,19,20,21)/t14-/m1/s1. The number of aliphatic hydroxyl groups is 1. The summed E-state index contributed by atoms with van der Waals surface area (Å²) in [7, 11) is 0. The van der Waals surface area contributed by atoms with Crippen molar-refractivity contribution >= 4 is 11.9 Å². The van der Waals surface area contributed by atoms with Crippen LogP contribution in [0, 0.1) is 5.82 Å². The Labute approximate surface area is 138 Å². The first-order valence-electron chi connectivity index (χ1n) is 7.60. The molecule has 0 radical (unpaired) electrons. The molecule has 4 N–H and O–H groups in total. The highest BCUT2D eigenvalue weighted by Gasteiger charge is 2.33. The average Bonchev–Trinajstić information content (AvgIpc) is 2.94. The molecule has 1 aromatic carbocycles. The number of benzene rings is 1. The molecule has 7 nitrogen and oxygen atoms in total. The SMILES string of the molecule is CC1=C(C(N)=O)[C@@H](c2ccc(F)cc2)n2nc(CCCO)nc2N1. The molecule has 0 saturated carbocycles. The average molecular weight is 331 g/mol. The van der Waals surface area contributed by atoms with Crippen molar-refractivity contribution in [2.24, 2.45) is 5.73 Å². The molecule has 2 aromatic rings. The minimum Gasteiger partial charge on any atom is -0.396 e. The van der Waals surface area contributed by atoms with Crippen LogP contribution in [0.3, 0.4) is 0 Å². The monoisotopic (exact) mass is 331 g/mol. The molecule has 126 valence electrons. The third kappa shape index (κ3) is 2.88. The van der Waals surface area contributed by atoms with Crippen LogP contribution in [0.5, 0.6) is 0 Å². The predicted molar refractivity (Wildman–Crippen MR) is 85.5 cm³/mol. The van der Waals surface area contributed by atoms with Gasteiger partial charge in [-0.25, -0.2) is 9.07 Å². The number of allylic oxidation sites excluding steroid dienone is 1. The van der Waals surface area contributed by atoms with Crippen LogP contribution < -0.4 is 11.1 Å². The minimum atomic E-state index is -0.576. The van der Waals surface area contributed by atoms with Crippen LogP contribution in [0.1, 0.15) is 30.8 Å². The normalized spacial score (nSPS) is 16.7. The number of fused-ring (bicyclic) bond motifs is 1. The lowest BCUT2D eigenvalue weighted by atomic mass is 9.95. The van der Waals surface area contributed by atoms with Gasteiger partial charge in [-0.15, -0.1) is 0 Å². The van der Waals surface area contributed by atoms with E-state index in [-0.39, 0.29) is 12.4 Å². The number of aliphatic hydroxyl groups excluding tert-OH is 1. The van der Waals surface area contributed by atoms with Gasteiger partial charge < -0.3 is 16.2 Å². The number of anilines is 1. The Balaban J connectivity index is 2.09. The Morgan fingerprint density at radius 3 is 2.75 bits per heavy atom. The number of carbonyl (C=O) groups is 1. The zero-order valence-corrected chi connectivity index (χ0v) is 13.2. The Bertz CT molecular complexity index is 797. The van der Waals surface area contributed by atoms with Crippen LogP contribution in [0.2, 0.25) is 0 Å². The van der Waals surface area contributed by atoms with Gasteiger partial charge in [0, 0.05) is 18.7 Å². The Kier molecular flexibility index (Phi) is 4.30. The molecule has 0 spiro atoms. The summed E-state index contributed by atoms with van der Waals surface area (Å²) < 4.78 is 14.8. The number of rotatable bonds is 5. The number of aromatic nitrogens is 3. The van der Waals surface area contributed by atoms with Crippen LogP contribution in [0.15, 0.2) is 35.5 Å². The van der Waals surface area contributed by atoms with E-state index in [4.69, 9.17) is 10.8 Å². The van der Waals surface area contributed by atoms with Gasteiger partial charge in [0.1, 0.15) is 11.9 Å². The maximum atomic E-state index is 13.3. The molecule has 1 aromatic heterocycles. The largest absolute Gasteiger partial charge is 0.396 e. The number of hydrogen-bond donors (Lipinski definition) is 3. The molecular formula is C16H18FN5O2. The number of nitrogens with two attached hydrogens (primary N) is 1. The van der Waals surface area contributed by atoms with Crippen LogP contribution in [0.25, 0.3) is 0 Å². The molecule has 8 heteroatoms. The lowest BCUT2D eigenvalue weighted by molar-refractivity contribution is -0.115. The molecule has 1 atom stereocenters. The third-order valence-corrected chi connectivity index (χ3v) is 3.91. The predicted octanol–water partition coefficient (Wildman–Crippen LogP) is 1.12. The van der Waals surface area contributed by atoms with Crippen molar-refractivity contribution in [2.45, 2.75) is 25.8 Å². The Hall–Kier alpha value is -2.74. The number of carbonyl (C=O) groups excluding carboxylic acids is 1. The zero-order chi connectivity index (χ0) is 17.3. The van der Waals surface area contributed by atoms with Crippen molar-refractivity contribution in [3.8, 4) is 0 Å². The van der Waals surface area contributed by atoms with E-state index in [0.29, 0.717) is 41.4 Å². The van der Waals surface area contributed by atoms with Gasteiger partial charge >= 0.3 is 0 Å². The van der Waals surface area contributed by atoms with Crippen molar-refractivity contribution < 1.29 is 14.3 Å². The number of hydrogen-bond acceptors (Lipinski definition) is 5.